The van der Waals surface area contributed by atoms with Crippen LogP contribution in [0.25, 0.3) is 0 Å². The Morgan fingerprint density at radius 1 is 1.42 bits per heavy atom. The number of H-pyrrole nitrogens is 1. The molecule has 0 spiro atoms. The Kier molecular flexibility index (Phi) is 6.14. The number of carboxylic acids is 1. The minimum Gasteiger partial charge on any atom is -0.480 e. The SMILES string of the molecule is CC(C)Cc1cc(C(=O)N[C@H](C(=O)O)[C@H]2CCCOC2)cc(=O)[nH]1. The second kappa shape index (κ2) is 8.10. The number of aromatic amines is 1. The summed E-state index contributed by atoms with van der Waals surface area (Å²) in [5, 5.41) is 12.0. The summed E-state index contributed by atoms with van der Waals surface area (Å²) in [5.74, 6) is -1.59. The minimum absolute atomic E-state index is 0.178. The highest BCUT2D eigenvalue weighted by Crippen LogP contribution is 2.18. The zero-order chi connectivity index (χ0) is 17.7. The molecule has 0 aromatic carbocycles. The molecule has 0 aliphatic carbocycles. The fourth-order valence-electron chi connectivity index (χ4n) is 2.92. The van der Waals surface area contributed by atoms with Gasteiger partial charge in [0, 0.05) is 29.8 Å². The summed E-state index contributed by atoms with van der Waals surface area (Å²) < 4.78 is 5.31. The van der Waals surface area contributed by atoms with E-state index >= 15 is 0 Å². The van der Waals surface area contributed by atoms with Gasteiger partial charge in [0.25, 0.3) is 5.91 Å². The Bertz CT molecular complexity index is 647. The highest BCUT2D eigenvalue weighted by molar-refractivity contribution is 5.96. The zero-order valence-electron chi connectivity index (χ0n) is 14.0. The number of aliphatic carboxylic acids is 1. The molecule has 7 heteroatoms. The van der Waals surface area contributed by atoms with Crippen molar-refractivity contribution in [2.75, 3.05) is 13.2 Å². The topological polar surface area (TPSA) is 108 Å². The lowest BCUT2D eigenvalue weighted by Gasteiger charge is -2.28. The summed E-state index contributed by atoms with van der Waals surface area (Å²) in [5.41, 5.74) is 0.471. The van der Waals surface area contributed by atoms with Crippen LogP contribution >= 0.6 is 0 Å². The van der Waals surface area contributed by atoms with Crippen LogP contribution in [0.5, 0.6) is 0 Å². The summed E-state index contributed by atoms with van der Waals surface area (Å²) >= 11 is 0. The summed E-state index contributed by atoms with van der Waals surface area (Å²) in [7, 11) is 0. The smallest absolute Gasteiger partial charge is 0.326 e. The number of hydrogen-bond donors (Lipinski definition) is 3. The van der Waals surface area contributed by atoms with Gasteiger partial charge in [0.2, 0.25) is 5.56 Å². The number of carboxylic acid groups (broad SMARTS) is 1. The third kappa shape index (κ3) is 4.92. The standard InChI is InChI=1S/C17H24N2O5/c1-10(2)6-13-7-12(8-14(20)18-13)16(21)19-15(17(22)23)11-4-3-5-24-9-11/h7-8,10-11,15H,3-6,9H2,1-2H3,(H,18,20)(H,19,21)(H,22,23)/t11-,15-/m0/s1. The molecule has 1 aromatic heterocycles. The van der Waals surface area contributed by atoms with Crippen LogP contribution in [-0.2, 0) is 16.0 Å². The van der Waals surface area contributed by atoms with Crippen LogP contribution in [0.4, 0.5) is 0 Å². The molecule has 2 rings (SSSR count). The Hall–Kier alpha value is -2.15. The maximum Gasteiger partial charge on any atom is 0.326 e. The average molecular weight is 336 g/mol. The molecule has 2 heterocycles. The molecule has 132 valence electrons. The fourth-order valence-corrected chi connectivity index (χ4v) is 2.92. The Morgan fingerprint density at radius 2 is 2.17 bits per heavy atom. The lowest BCUT2D eigenvalue weighted by atomic mass is 9.93. The predicted molar refractivity (Wildman–Crippen MR) is 88.0 cm³/mol. The van der Waals surface area contributed by atoms with Gasteiger partial charge in [0.1, 0.15) is 6.04 Å². The number of carbonyl (C=O) groups excluding carboxylic acids is 1. The molecule has 24 heavy (non-hydrogen) atoms. The number of amides is 1. The highest BCUT2D eigenvalue weighted by atomic mass is 16.5. The van der Waals surface area contributed by atoms with Crippen molar-refractivity contribution < 1.29 is 19.4 Å². The first-order valence-corrected chi connectivity index (χ1v) is 8.21. The van der Waals surface area contributed by atoms with E-state index in [1.54, 1.807) is 6.07 Å². The molecule has 1 aliphatic heterocycles. The van der Waals surface area contributed by atoms with Crippen molar-refractivity contribution in [3.63, 3.8) is 0 Å². The molecular formula is C17H24N2O5. The molecule has 1 amide bonds. The van der Waals surface area contributed by atoms with Gasteiger partial charge in [0.15, 0.2) is 0 Å². The van der Waals surface area contributed by atoms with Crippen LogP contribution in [0, 0.1) is 11.8 Å². The Balaban J connectivity index is 2.16. The number of carbonyl (C=O) groups is 2. The second-order valence-electron chi connectivity index (χ2n) is 6.62. The van der Waals surface area contributed by atoms with Crippen molar-refractivity contribution in [3.05, 3.63) is 33.7 Å². The Labute approximate surface area is 140 Å². The van der Waals surface area contributed by atoms with E-state index in [1.807, 2.05) is 13.8 Å². The number of ether oxygens (including phenoxy) is 1. The molecule has 7 nitrogen and oxygen atoms in total. The third-order valence-corrected chi connectivity index (χ3v) is 4.01. The number of hydrogen-bond acceptors (Lipinski definition) is 4. The zero-order valence-corrected chi connectivity index (χ0v) is 14.0. The van der Waals surface area contributed by atoms with E-state index in [4.69, 9.17) is 4.74 Å². The molecule has 2 atom stereocenters. The highest BCUT2D eigenvalue weighted by Gasteiger charge is 2.31. The van der Waals surface area contributed by atoms with Crippen molar-refractivity contribution in [1.82, 2.24) is 10.3 Å². The van der Waals surface area contributed by atoms with Crippen LogP contribution in [0.3, 0.4) is 0 Å². The van der Waals surface area contributed by atoms with Gasteiger partial charge in [-0.2, -0.15) is 0 Å². The predicted octanol–water partition coefficient (Wildman–Crippen LogP) is 1.18. The molecule has 0 unspecified atom stereocenters. The van der Waals surface area contributed by atoms with Crippen LogP contribution in [0.1, 0.15) is 42.7 Å². The normalized spacial score (nSPS) is 19.0. The number of aromatic nitrogens is 1. The largest absolute Gasteiger partial charge is 0.480 e. The lowest BCUT2D eigenvalue weighted by Crippen LogP contribution is -2.48. The maximum absolute atomic E-state index is 12.4. The van der Waals surface area contributed by atoms with E-state index in [1.165, 1.54) is 6.07 Å². The van der Waals surface area contributed by atoms with Gasteiger partial charge in [-0.25, -0.2) is 4.79 Å². The summed E-state index contributed by atoms with van der Waals surface area (Å²) in [6.07, 6.45) is 2.09. The van der Waals surface area contributed by atoms with E-state index in [0.717, 1.165) is 6.42 Å². The van der Waals surface area contributed by atoms with Gasteiger partial charge in [-0.15, -0.1) is 0 Å². The van der Waals surface area contributed by atoms with E-state index < -0.39 is 17.9 Å². The maximum atomic E-state index is 12.4. The summed E-state index contributed by atoms with van der Waals surface area (Å²) in [4.78, 5) is 38.4. The molecule has 1 fully saturated rings. The van der Waals surface area contributed by atoms with Crippen LogP contribution in [0.2, 0.25) is 0 Å². The van der Waals surface area contributed by atoms with Gasteiger partial charge < -0.3 is 20.1 Å². The van der Waals surface area contributed by atoms with Gasteiger partial charge >= 0.3 is 5.97 Å². The monoisotopic (exact) mass is 336 g/mol. The molecule has 1 aromatic rings. The fraction of sp³-hybridized carbons (Fsp3) is 0.588. The van der Waals surface area contributed by atoms with Crippen LogP contribution in [0.15, 0.2) is 16.9 Å². The summed E-state index contributed by atoms with van der Waals surface area (Å²) in [6.45, 7) is 4.94. The molecule has 1 saturated heterocycles. The van der Waals surface area contributed by atoms with Gasteiger partial charge in [-0.3, -0.25) is 9.59 Å². The van der Waals surface area contributed by atoms with E-state index in [2.05, 4.69) is 10.3 Å². The molecule has 1 aliphatic rings. The van der Waals surface area contributed by atoms with Crippen molar-refractivity contribution in [2.24, 2.45) is 11.8 Å². The number of rotatable bonds is 6. The Morgan fingerprint density at radius 3 is 2.75 bits per heavy atom. The van der Waals surface area contributed by atoms with Crippen molar-refractivity contribution >= 4 is 11.9 Å². The van der Waals surface area contributed by atoms with Crippen LogP contribution < -0.4 is 10.9 Å². The average Bonchev–Trinajstić information content (AvgIpc) is 2.51. The molecule has 0 saturated carbocycles. The minimum atomic E-state index is -1.09. The van der Waals surface area contributed by atoms with E-state index in [9.17, 15) is 19.5 Å². The van der Waals surface area contributed by atoms with Crippen LogP contribution in [-0.4, -0.2) is 41.2 Å². The second-order valence-corrected chi connectivity index (χ2v) is 6.62. The van der Waals surface area contributed by atoms with Gasteiger partial charge in [-0.05, 0) is 31.2 Å². The number of pyridine rings is 1. The van der Waals surface area contributed by atoms with E-state index in [-0.39, 0.29) is 17.0 Å². The van der Waals surface area contributed by atoms with Crippen molar-refractivity contribution in [2.45, 2.75) is 39.2 Å². The first-order valence-electron chi connectivity index (χ1n) is 8.21. The summed E-state index contributed by atoms with van der Waals surface area (Å²) in [6, 6.07) is 1.77. The lowest BCUT2D eigenvalue weighted by molar-refractivity contribution is -0.142. The van der Waals surface area contributed by atoms with Crippen molar-refractivity contribution in [1.29, 1.82) is 0 Å². The van der Waals surface area contributed by atoms with E-state index in [0.29, 0.717) is 37.7 Å². The molecule has 0 bridgehead atoms. The quantitative estimate of drug-likeness (QED) is 0.723. The van der Waals surface area contributed by atoms with Gasteiger partial charge in [-0.1, -0.05) is 13.8 Å². The van der Waals surface area contributed by atoms with Crippen molar-refractivity contribution in [3.8, 4) is 0 Å². The number of nitrogens with one attached hydrogen (secondary N) is 2. The third-order valence-electron chi connectivity index (χ3n) is 4.01. The van der Waals surface area contributed by atoms with Gasteiger partial charge in [0.05, 0.1) is 6.61 Å². The molecule has 0 radical (unpaired) electrons. The first kappa shape index (κ1) is 18.2. The first-order chi connectivity index (χ1) is 11.4. The molecule has 3 N–H and O–H groups in total. The molecular weight excluding hydrogens is 312 g/mol.